The van der Waals surface area contributed by atoms with E-state index in [1.165, 1.54) is 12.1 Å². The average molecular weight is 494 g/mol. The van der Waals surface area contributed by atoms with Gasteiger partial charge in [-0.3, -0.25) is 4.79 Å². The van der Waals surface area contributed by atoms with E-state index < -0.39 is 10.0 Å². The number of ether oxygens (including phenoxy) is 2. The van der Waals surface area contributed by atoms with Crippen molar-refractivity contribution in [2.75, 3.05) is 51.0 Å². The van der Waals surface area contributed by atoms with Gasteiger partial charge < -0.3 is 19.7 Å². The number of hydrogen-bond donors (Lipinski definition) is 2. The van der Waals surface area contributed by atoms with Crippen LogP contribution in [-0.4, -0.2) is 60.4 Å². The smallest absolute Gasteiger partial charge is 0.253 e. The summed E-state index contributed by atoms with van der Waals surface area (Å²) in [5.74, 6) is -0.352. The first-order valence-electron chi connectivity index (χ1n) is 10.9. The molecule has 0 saturated carbocycles. The Balaban J connectivity index is 1.63. The van der Waals surface area contributed by atoms with Crippen LogP contribution in [0.25, 0.3) is 0 Å². The Morgan fingerprint density at radius 2 is 1.76 bits per heavy atom. The molecule has 0 radical (unpaired) electrons. The van der Waals surface area contributed by atoms with E-state index in [0.29, 0.717) is 56.8 Å². The largest absolute Gasteiger partial charge is 0.381 e. The fraction of sp³-hybridized carbons (Fsp3) is 0.435. The summed E-state index contributed by atoms with van der Waals surface area (Å²) in [6.07, 6.45) is 1.47. The molecule has 4 rings (SSSR count). The maximum absolute atomic E-state index is 13.4. The zero-order chi connectivity index (χ0) is 23.5. The lowest BCUT2D eigenvalue weighted by atomic mass is 9.74. The SMILES string of the molecule is NS(=O)(=O)c1ccc(N2CCOCC2)c(C(=O)NCC2(c3cccc(Cl)c3)CCOCC2)c1. The van der Waals surface area contributed by atoms with Crippen molar-refractivity contribution in [3.63, 3.8) is 0 Å². The van der Waals surface area contributed by atoms with Gasteiger partial charge in [-0.25, -0.2) is 13.6 Å². The van der Waals surface area contributed by atoms with E-state index >= 15 is 0 Å². The van der Waals surface area contributed by atoms with Crippen LogP contribution < -0.4 is 15.4 Å². The van der Waals surface area contributed by atoms with Crippen molar-refractivity contribution in [1.29, 1.82) is 0 Å². The lowest BCUT2D eigenvalue weighted by Gasteiger charge is -2.38. The third-order valence-corrected chi connectivity index (χ3v) is 7.51. The number of anilines is 1. The highest BCUT2D eigenvalue weighted by Crippen LogP contribution is 2.36. The maximum Gasteiger partial charge on any atom is 0.253 e. The number of carbonyl (C=O) groups is 1. The molecule has 2 aliphatic rings. The topological polar surface area (TPSA) is 111 Å². The lowest BCUT2D eigenvalue weighted by Crippen LogP contribution is -2.45. The predicted molar refractivity (Wildman–Crippen MR) is 126 cm³/mol. The number of hydrogen-bond acceptors (Lipinski definition) is 6. The van der Waals surface area contributed by atoms with E-state index in [4.69, 9.17) is 26.2 Å². The van der Waals surface area contributed by atoms with Gasteiger partial charge in [0, 0.05) is 49.0 Å². The van der Waals surface area contributed by atoms with E-state index in [9.17, 15) is 13.2 Å². The summed E-state index contributed by atoms with van der Waals surface area (Å²) < 4.78 is 34.9. The Morgan fingerprint density at radius 1 is 1.06 bits per heavy atom. The average Bonchev–Trinajstić information content (AvgIpc) is 2.83. The molecule has 2 aromatic carbocycles. The van der Waals surface area contributed by atoms with Gasteiger partial charge in [0.05, 0.1) is 23.7 Å². The van der Waals surface area contributed by atoms with Gasteiger partial charge in [-0.05, 0) is 48.7 Å². The van der Waals surface area contributed by atoms with E-state index in [2.05, 4.69) is 5.32 Å². The first-order chi connectivity index (χ1) is 15.8. The van der Waals surface area contributed by atoms with E-state index in [1.54, 1.807) is 6.07 Å². The van der Waals surface area contributed by atoms with Crippen LogP contribution >= 0.6 is 11.6 Å². The number of carbonyl (C=O) groups excluding carboxylic acids is 1. The molecule has 2 saturated heterocycles. The molecule has 2 aliphatic heterocycles. The highest BCUT2D eigenvalue weighted by atomic mass is 35.5. The molecule has 33 heavy (non-hydrogen) atoms. The molecule has 178 valence electrons. The van der Waals surface area contributed by atoms with Crippen LogP contribution in [0.2, 0.25) is 5.02 Å². The molecular formula is C23H28ClN3O5S. The van der Waals surface area contributed by atoms with Crippen LogP contribution in [-0.2, 0) is 24.9 Å². The van der Waals surface area contributed by atoms with Crippen LogP contribution in [0.15, 0.2) is 47.4 Å². The monoisotopic (exact) mass is 493 g/mol. The zero-order valence-corrected chi connectivity index (χ0v) is 19.8. The van der Waals surface area contributed by atoms with Crippen molar-refractivity contribution in [2.45, 2.75) is 23.2 Å². The van der Waals surface area contributed by atoms with Gasteiger partial charge in [-0.15, -0.1) is 0 Å². The first-order valence-corrected chi connectivity index (χ1v) is 12.8. The molecule has 0 aliphatic carbocycles. The Labute approximate surface area is 199 Å². The normalized spacial score (nSPS) is 18.7. The number of nitrogens with two attached hydrogens (primary N) is 1. The first kappa shape index (κ1) is 24.0. The highest BCUT2D eigenvalue weighted by Gasteiger charge is 2.35. The number of morpholine rings is 1. The molecule has 0 spiro atoms. The van der Waals surface area contributed by atoms with Gasteiger partial charge in [0.15, 0.2) is 0 Å². The Bertz CT molecular complexity index is 1110. The van der Waals surface area contributed by atoms with E-state index in [-0.39, 0.29) is 21.8 Å². The predicted octanol–water partition coefficient (Wildman–Crippen LogP) is 2.30. The van der Waals surface area contributed by atoms with E-state index in [1.807, 2.05) is 29.2 Å². The van der Waals surface area contributed by atoms with Crippen molar-refractivity contribution in [1.82, 2.24) is 5.32 Å². The number of benzene rings is 2. The van der Waals surface area contributed by atoms with Crippen molar-refractivity contribution < 1.29 is 22.7 Å². The molecule has 0 unspecified atom stereocenters. The number of halogens is 1. The van der Waals surface area contributed by atoms with Gasteiger partial charge in [-0.1, -0.05) is 23.7 Å². The molecule has 8 nitrogen and oxygen atoms in total. The second kappa shape index (κ2) is 9.99. The Morgan fingerprint density at radius 3 is 2.42 bits per heavy atom. The quantitative estimate of drug-likeness (QED) is 0.638. The summed E-state index contributed by atoms with van der Waals surface area (Å²) in [4.78, 5) is 15.3. The molecule has 2 heterocycles. The second-order valence-electron chi connectivity index (χ2n) is 8.41. The molecule has 1 amide bonds. The van der Waals surface area contributed by atoms with Crippen LogP contribution in [0.1, 0.15) is 28.8 Å². The van der Waals surface area contributed by atoms with Crippen molar-refractivity contribution in [3.8, 4) is 0 Å². The van der Waals surface area contributed by atoms with Crippen molar-refractivity contribution in [3.05, 3.63) is 58.6 Å². The highest BCUT2D eigenvalue weighted by molar-refractivity contribution is 7.89. The fourth-order valence-corrected chi connectivity index (χ4v) is 5.18. The summed E-state index contributed by atoms with van der Waals surface area (Å²) in [6.45, 7) is 3.84. The van der Waals surface area contributed by atoms with Crippen LogP contribution in [0, 0.1) is 0 Å². The number of amides is 1. The standard InChI is InChI=1S/C23H28ClN3O5S/c24-18-3-1-2-17(14-18)23(6-10-31-11-7-23)16-26-22(28)20-15-19(33(25,29)30)4-5-21(20)27-8-12-32-13-9-27/h1-5,14-15H,6-13,16H2,(H,26,28)(H2,25,29,30). The number of primary sulfonamides is 1. The summed E-state index contributed by atoms with van der Waals surface area (Å²) in [6, 6.07) is 12.1. The van der Waals surface area contributed by atoms with Crippen molar-refractivity contribution >= 4 is 33.2 Å². The third kappa shape index (κ3) is 5.50. The minimum Gasteiger partial charge on any atom is -0.381 e. The molecule has 0 bridgehead atoms. The van der Waals surface area contributed by atoms with Crippen LogP contribution in [0.5, 0.6) is 0 Å². The fourth-order valence-electron chi connectivity index (χ4n) is 4.45. The van der Waals surface area contributed by atoms with Crippen LogP contribution in [0.4, 0.5) is 5.69 Å². The maximum atomic E-state index is 13.4. The van der Waals surface area contributed by atoms with Gasteiger partial charge in [0.25, 0.3) is 5.91 Å². The van der Waals surface area contributed by atoms with E-state index in [0.717, 1.165) is 18.4 Å². The molecule has 2 fully saturated rings. The third-order valence-electron chi connectivity index (χ3n) is 6.37. The molecular weight excluding hydrogens is 466 g/mol. The molecule has 2 aromatic rings. The zero-order valence-electron chi connectivity index (χ0n) is 18.3. The number of sulfonamides is 1. The van der Waals surface area contributed by atoms with Gasteiger partial charge in [0.2, 0.25) is 10.0 Å². The summed E-state index contributed by atoms with van der Waals surface area (Å²) in [5, 5.41) is 9.03. The second-order valence-corrected chi connectivity index (χ2v) is 10.4. The molecule has 10 heteroatoms. The minimum atomic E-state index is -3.96. The summed E-state index contributed by atoms with van der Waals surface area (Å²) in [5.41, 5.74) is 1.66. The molecule has 0 atom stereocenters. The number of rotatable bonds is 6. The van der Waals surface area contributed by atoms with Gasteiger partial charge >= 0.3 is 0 Å². The molecule has 3 N–H and O–H groups in total. The van der Waals surface area contributed by atoms with Gasteiger partial charge in [0.1, 0.15) is 0 Å². The van der Waals surface area contributed by atoms with Crippen LogP contribution in [0.3, 0.4) is 0 Å². The number of nitrogens with one attached hydrogen (secondary N) is 1. The summed E-state index contributed by atoms with van der Waals surface area (Å²) in [7, 11) is -3.96. The Hall–Kier alpha value is -2.17. The van der Waals surface area contributed by atoms with Crippen molar-refractivity contribution in [2.24, 2.45) is 5.14 Å². The lowest BCUT2D eigenvalue weighted by molar-refractivity contribution is 0.0487. The summed E-state index contributed by atoms with van der Waals surface area (Å²) >= 11 is 6.25. The molecule has 0 aromatic heterocycles. The Kier molecular flexibility index (Phi) is 7.25. The minimum absolute atomic E-state index is 0.0970. The number of nitrogens with zero attached hydrogens (tertiary/aromatic N) is 1. The van der Waals surface area contributed by atoms with Gasteiger partial charge in [-0.2, -0.15) is 0 Å².